The van der Waals surface area contributed by atoms with Crippen molar-refractivity contribution in [2.45, 2.75) is 50.3 Å². The van der Waals surface area contributed by atoms with Crippen LogP contribution in [0.15, 0.2) is 65.8 Å². The van der Waals surface area contributed by atoms with Crippen molar-refractivity contribution in [2.75, 3.05) is 0 Å². The van der Waals surface area contributed by atoms with Gasteiger partial charge in [0.2, 0.25) is 5.91 Å². The van der Waals surface area contributed by atoms with Crippen LogP contribution < -0.4 is 5.43 Å². The molecule has 29 heavy (non-hydrogen) atoms. The zero-order chi connectivity index (χ0) is 19.6. The first-order valence-corrected chi connectivity index (χ1v) is 11.4. The third-order valence-corrected chi connectivity index (χ3v) is 7.19. The van der Waals surface area contributed by atoms with Crippen LogP contribution >= 0.6 is 11.8 Å². The SMILES string of the molecule is O=C1C2CCCCC2N2C(SCc3ccccc3)=NNC2N1Cc1ccccc1. The molecular formula is C23H26N4OS. The average molecular weight is 407 g/mol. The Morgan fingerprint density at radius 1 is 0.966 bits per heavy atom. The normalized spacial score (nSPS) is 25.9. The Bertz CT molecular complexity index is 888. The number of amidine groups is 1. The van der Waals surface area contributed by atoms with Gasteiger partial charge in [-0.3, -0.25) is 15.1 Å². The fourth-order valence-electron chi connectivity index (χ4n) is 4.72. The van der Waals surface area contributed by atoms with Crippen LogP contribution in [0.25, 0.3) is 0 Å². The number of thioether (sulfide) groups is 1. The van der Waals surface area contributed by atoms with Crippen molar-refractivity contribution in [3.05, 3.63) is 71.8 Å². The molecule has 150 valence electrons. The smallest absolute Gasteiger partial charge is 0.231 e. The Balaban J connectivity index is 1.39. The number of hydrogen-bond acceptors (Lipinski definition) is 5. The number of benzene rings is 2. The van der Waals surface area contributed by atoms with Gasteiger partial charge in [0.15, 0.2) is 11.5 Å². The summed E-state index contributed by atoms with van der Waals surface area (Å²) in [7, 11) is 0. The second kappa shape index (κ2) is 8.11. The number of nitrogens with zero attached hydrogens (tertiary/aromatic N) is 3. The molecule has 1 saturated carbocycles. The van der Waals surface area contributed by atoms with E-state index in [0.29, 0.717) is 6.54 Å². The number of carbonyl (C=O) groups excluding carboxylic acids is 1. The first-order valence-electron chi connectivity index (χ1n) is 10.4. The van der Waals surface area contributed by atoms with Crippen LogP contribution in [-0.2, 0) is 17.1 Å². The van der Waals surface area contributed by atoms with Gasteiger partial charge in [0.1, 0.15) is 0 Å². The highest BCUT2D eigenvalue weighted by molar-refractivity contribution is 8.13. The quantitative estimate of drug-likeness (QED) is 0.834. The summed E-state index contributed by atoms with van der Waals surface area (Å²) in [5, 5.41) is 5.69. The fraction of sp³-hybridized carbons (Fsp3) is 0.391. The van der Waals surface area contributed by atoms with Gasteiger partial charge < -0.3 is 4.90 Å². The van der Waals surface area contributed by atoms with Crippen LogP contribution in [0.2, 0.25) is 0 Å². The summed E-state index contributed by atoms with van der Waals surface area (Å²) in [6, 6.07) is 21.0. The highest BCUT2D eigenvalue weighted by atomic mass is 32.2. The molecule has 0 spiro atoms. The van der Waals surface area contributed by atoms with E-state index in [0.717, 1.165) is 35.7 Å². The standard InChI is InChI=1S/C23H26N4OS/c28-21-19-13-7-8-14-20(19)27-22(26(21)15-17-9-3-1-4-10-17)24-25-23(27)29-16-18-11-5-2-6-12-18/h1-6,9-12,19-20,22,24H,7-8,13-16H2. The summed E-state index contributed by atoms with van der Waals surface area (Å²) in [5.41, 5.74) is 5.72. The number of amides is 1. The van der Waals surface area contributed by atoms with E-state index in [4.69, 9.17) is 0 Å². The number of fused-ring (bicyclic) bond motifs is 3. The van der Waals surface area contributed by atoms with Crippen LogP contribution in [0.1, 0.15) is 36.8 Å². The van der Waals surface area contributed by atoms with Crippen molar-refractivity contribution in [3.8, 4) is 0 Å². The molecular weight excluding hydrogens is 380 g/mol. The van der Waals surface area contributed by atoms with E-state index in [2.05, 4.69) is 51.8 Å². The Kier molecular flexibility index (Phi) is 5.19. The predicted molar refractivity (Wildman–Crippen MR) is 117 cm³/mol. The fourth-order valence-corrected chi connectivity index (χ4v) is 5.71. The molecule has 2 aromatic carbocycles. The van der Waals surface area contributed by atoms with Crippen LogP contribution in [0.4, 0.5) is 0 Å². The summed E-state index contributed by atoms with van der Waals surface area (Å²) in [6.07, 6.45) is 4.20. The Hall–Kier alpha value is -2.47. The van der Waals surface area contributed by atoms with Crippen molar-refractivity contribution in [3.63, 3.8) is 0 Å². The summed E-state index contributed by atoms with van der Waals surface area (Å²) in [5.74, 6) is 1.23. The second-order valence-corrected chi connectivity index (χ2v) is 8.93. The first-order chi connectivity index (χ1) is 14.3. The molecule has 5 rings (SSSR count). The average Bonchev–Trinajstić information content (AvgIpc) is 3.21. The monoisotopic (exact) mass is 406 g/mol. The number of hydrazone groups is 1. The van der Waals surface area contributed by atoms with Gasteiger partial charge in [-0.2, -0.15) is 5.10 Å². The molecule has 2 aromatic rings. The molecule has 0 aromatic heterocycles. The molecule has 2 fully saturated rings. The van der Waals surface area contributed by atoms with Crippen molar-refractivity contribution in [1.82, 2.24) is 15.2 Å². The molecule has 2 aliphatic heterocycles. The maximum absolute atomic E-state index is 13.4. The first kappa shape index (κ1) is 18.6. The minimum absolute atomic E-state index is 0.0751. The third-order valence-electron chi connectivity index (χ3n) is 6.15. The molecule has 1 aliphatic carbocycles. The summed E-state index contributed by atoms with van der Waals surface area (Å²) in [6.45, 7) is 0.614. The summed E-state index contributed by atoms with van der Waals surface area (Å²) < 4.78 is 0. The van der Waals surface area contributed by atoms with Crippen LogP contribution in [0, 0.1) is 5.92 Å². The molecule has 0 bridgehead atoms. The van der Waals surface area contributed by atoms with Crippen molar-refractivity contribution >= 4 is 22.8 Å². The van der Waals surface area contributed by atoms with E-state index < -0.39 is 0 Å². The molecule has 0 radical (unpaired) electrons. The van der Waals surface area contributed by atoms with E-state index in [-0.39, 0.29) is 24.2 Å². The zero-order valence-corrected chi connectivity index (χ0v) is 17.2. The van der Waals surface area contributed by atoms with E-state index in [1.54, 1.807) is 11.8 Å². The topological polar surface area (TPSA) is 47.9 Å². The van der Waals surface area contributed by atoms with Gasteiger partial charge in [-0.1, -0.05) is 85.3 Å². The molecule has 5 nitrogen and oxygen atoms in total. The Labute approximate surface area is 176 Å². The molecule has 3 unspecified atom stereocenters. The zero-order valence-electron chi connectivity index (χ0n) is 16.4. The number of rotatable bonds is 4. The molecule has 1 amide bonds. The van der Waals surface area contributed by atoms with Crippen LogP contribution in [0.5, 0.6) is 0 Å². The van der Waals surface area contributed by atoms with E-state index >= 15 is 0 Å². The highest BCUT2D eigenvalue weighted by Gasteiger charge is 2.50. The van der Waals surface area contributed by atoms with Gasteiger partial charge in [-0.05, 0) is 24.0 Å². The van der Waals surface area contributed by atoms with Crippen molar-refractivity contribution in [2.24, 2.45) is 11.0 Å². The molecule has 2 heterocycles. The second-order valence-electron chi connectivity index (χ2n) is 7.99. The highest BCUT2D eigenvalue weighted by Crippen LogP contribution is 2.39. The van der Waals surface area contributed by atoms with E-state index in [1.807, 2.05) is 29.2 Å². The lowest BCUT2D eigenvalue weighted by atomic mass is 9.81. The minimum atomic E-state index is -0.180. The van der Waals surface area contributed by atoms with Gasteiger partial charge in [-0.15, -0.1) is 0 Å². The van der Waals surface area contributed by atoms with Crippen molar-refractivity contribution in [1.29, 1.82) is 0 Å². The maximum Gasteiger partial charge on any atom is 0.231 e. The number of hydrogen-bond donors (Lipinski definition) is 1. The number of nitrogens with one attached hydrogen (secondary N) is 1. The molecule has 1 saturated heterocycles. The lowest BCUT2D eigenvalue weighted by Gasteiger charge is -2.50. The Morgan fingerprint density at radius 3 is 2.41 bits per heavy atom. The van der Waals surface area contributed by atoms with Crippen LogP contribution in [-0.4, -0.2) is 33.2 Å². The molecule has 6 heteroatoms. The summed E-state index contributed by atoms with van der Waals surface area (Å²) in [4.78, 5) is 17.8. The maximum atomic E-state index is 13.4. The largest absolute Gasteiger partial charge is 0.307 e. The van der Waals surface area contributed by atoms with E-state index in [9.17, 15) is 4.79 Å². The van der Waals surface area contributed by atoms with Gasteiger partial charge in [0, 0.05) is 18.3 Å². The van der Waals surface area contributed by atoms with E-state index in [1.165, 1.54) is 12.0 Å². The lowest BCUT2D eigenvalue weighted by Crippen LogP contribution is -2.66. The predicted octanol–water partition coefficient (Wildman–Crippen LogP) is 3.98. The summed E-state index contributed by atoms with van der Waals surface area (Å²) >= 11 is 1.76. The van der Waals surface area contributed by atoms with Gasteiger partial charge in [0.05, 0.1) is 5.92 Å². The van der Waals surface area contributed by atoms with Crippen LogP contribution in [0.3, 0.4) is 0 Å². The molecule has 3 aliphatic rings. The lowest BCUT2D eigenvalue weighted by molar-refractivity contribution is -0.156. The Morgan fingerprint density at radius 2 is 1.66 bits per heavy atom. The minimum Gasteiger partial charge on any atom is -0.307 e. The van der Waals surface area contributed by atoms with Gasteiger partial charge in [0.25, 0.3) is 0 Å². The third kappa shape index (κ3) is 3.62. The van der Waals surface area contributed by atoms with Crippen molar-refractivity contribution < 1.29 is 4.79 Å². The molecule has 1 N–H and O–H groups in total. The van der Waals surface area contributed by atoms with Gasteiger partial charge >= 0.3 is 0 Å². The van der Waals surface area contributed by atoms with Gasteiger partial charge in [-0.25, -0.2) is 0 Å². The number of carbonyl (C=O) groups is 1. The molecule has 3 atom stereocenters.